The Kier molecular flexibility index (Phi) is 4.58. The molecule has 0 radical (unpaired) electrons. The molecule has 0 aromatic carbocycles. The first-order chi connectivity index (χ1) is 7.38. The molecule has 1 aliphatic heterocycles. The van der Waals surface area contributed by atoms with Crippen molar-refractivity contribution in [3.63, 3.8) is 0 Å². The van der Waals surface area contributed by atoms with Crippen LogP contribution in [0.4, 0.5) is 0 Å². The molecule has 1 saturated heterocycles. The topological polar surface area (TPSA) is 57.7 Å². The van der Waals surface area contributed by atoms with Crippen LogP contribution in [-0.4, -0.2) is 60.8 Å². The molecule has 1 rings (SSSR count). The van der Waals surface area contributed by atoms with Gasteiger partial charge >= 0.3 is 0 Å². The number of alkyl halides is 1. The summed E-state index contributed by atoms with van der Waals surface area (Å²) in [5.41, 5.74) is 0. The number of carbonyl (C=O) groups is 1. The zero-order valence-electron chi connectivity index (χ0n) is 9.52. The maximum Gasteiger partial charge on any atom is 0.240 e. The van der Waals surface area contributed by atoms with Crippen LogP contribution in [0, 0.1) is 0 Å². The molecule has 1 unspecified atom stereocenters. The van der Waals surface area contributed by atoms with Crippen LogP contribution < -0.4 is 0 Å². The molecule has 1 aliphatic rings. The third-order valence-corrected chi connectivity index (χ3v) is 4.72. The van der Waals surface area contributed by atoms with Crippen molar-refractivity contribution in [3.8, 4) is 0 Å². The van der Waals surface area contributed by atoms with Crippen LogP contribution in [0.3, 0.4) is 0 Å². The van der Waals surface area contributed by atoms with Crippen molar-refractivity contribution >= 4 is 27.5 Å². The number of hydrogen-bond acceptors (Lipinski definition) is 3. The predicted molar refractivity (Wildman–Crippen MR) is 62.9 cm³/mol. The number of sulfonamides is 1. The molecule has 0 aromatic heterocycles. The highest BCUT2D eigenvalue weighted by atomic mass is 35.5. The van der Waals surface area contributed by atoms with E-state index < -0.39 is 15.4 Å². The zero-order chi connectivity index (χ0) is 12.3. The summed E-state index contributed by atoms with van der Waals surface area (Å²) in [6.45, 7) is 4.83. The van der Waals surface area contributed by atoms with Gasteiger partial charge in [0.05, 0.1) is 5.75 Å². The van der Waals surface area contributed by atoms with Gasteiger partial charge in [0.15, 0.2) is 0 Å². The van der Waals surface area contributed by atoms with Gasteiger partial charge in [-0.1, -0.05) is 0 Å². The zero-order valence-corrected chi connectivity index (χ0v) is 11.1. The second-order valence-electron chi connectivity index (χ2n) is 3.74. The van der Waals surface area contributed by atoms with Gasteiger partial charge in [0, 0.05) is 26.2 Å². The predicted octanol–water partition coefficient (Wildman–Crippen LogP) is 0.108. The summed E-state index contributed by atoms with van der Waals surface area (Å²) in [5, 5.41) is -0.547. The summed E-state index contributed by atoms with van der Waals surface area (Å²) in [6.07, 6.45) is 0. The molecule has 5 nitrogen and oxygen atoms in total. The van der Waals surface area contributed by atoms with E-state index in [2.05, 4.69) is 0 Å². The summed E-state index contributed by atoms with van der Waals surface area (Å²) in [4.78, 5) is 13.2. The average molecular weight is 269 g/mol. The number of rotatable bonds is 3. The lowest BCUT2D eigenvalue weighted by Gasteiger charge is -2.34. The first-order valence-corrected chi connectivity index (χ1v) is 7.33. The Labute approximate surface area is 101 Å². The molecule has 1 heterocycles. The van der Waals surface area contributed by atoms with Crippen molar-refractivity contribution in [1.82, 2.24) is 9.21 Å². The summed E-state index contributed by atoms with van der Waals surface area (Å²) >= 11 is 5.69. The highest BCUT2D eigenvalue weighted by Gasteiger charge is 2.28. The monoisotopic (exact) mass is 268 g/mol. The third-order valence-electron chi connectivity index (χ3n) is 2.65. The molecular formula is C9H17ClN2O3S. The molecular weight excluding hydrogens is 252 g/mol. The van der Waals surface area contributed by atoms with Crippen molar-refractivity contribution in [2.24, 2.45) is 0 Å². The van der Waals surface area contributed by atoms with E-state index >= 15 is 0 Å². The highest BCUT2D eigenvalue weighted by Crippen LogP contribution is 2.10. The molecule has 16 heavy (non-hydrogen) atoms. The van der Waals surface area contributed by atoms with Crippen LogP contribution in [0.15, 0.2) is 0 Å². The maximum atomic E-state index is 11.6. The van der Waals surface area contributed by atoms with E-state index in [0.717, 1.165) is 0 Å². The maximum absolute atomic E-state index is 11.6. The van der Waals surface area contributed by atoms with E-state index in [1.165, 1.54) is 4.31 Å². The SMILES string of the molecule is CCS(=O)(=O)N1CCN(C(=O)C(C)Cl)CC1. The summed E-state index contributed by atoms with van der Waals surface area (Å²) < 4.78 is 24.5. The number of carbonyl (C=O) groups excluding carboxylic acids is 1. The normalized spacial score (nSPS) is 20.8. The Morgan fingerprint density at radius 2 is 1.81 bits per heavy atom. The highest BCUT2D eigenvalue weighted by molar-refractivity contribution is 7.89. The van der Waals surface area contributed by atoms with Gasteiger partial charge in [-0.2, -0.15) is 4.31 Å². The fraction of sp³-hybridized carbons (Fsp3) is 0.889. The van der Waals surface area contributed by atoms with E-state index in [4.69, 9.17) is 11.6 Å². The van der Waals surface area contributed by atoms with Crippen LogP contribution in [0.2, 0.25) is 0 Å². The molecule has 7 heteroatoms. The van der Waals surface area contributed by atoms with E-state index in [1.54, 1.807) is 18.7 Å². The van der Waals surface area contributed by atoms with Gasteiger partial charge in [-0.3, -0.25) is 4.79 Å². The summed E-state index contributed by atoms with van der Waals surface area (Å²) in [7, 11) is -3.13. The molecule has 1 amide bonds. The molecule has 0 bridgehead atoms. The van der Waals surface area contributed by atoms with Crippen LogP contribution in [0.5, 0.6) is 0 Å². The van der Waals surface area contributed by atoms with Gasteiger partial charge < -0.3 is 4.90 Å². The molecule has 0 N–H and O–H groups in total. The Bertz CT molecular complexity index is 348. The fourth-order valence-electron chi connectivity index (χ4n) is 1.62. The number of piperazine rings is 1. The minimum absolute atomic E-state index is 0.104. The Morgan fingerprint density at radius 1 is 1.31 bits per heavy atom. The van der Waals surface area contributed by atoms with Crippen LogP contribution in [-0.2, 0) is 14.8 Å². The number of halogens is 1. The lowest BCUT2D eigenvalue weighted by Crippen LogP contribution is -2.52. The molecule has 1 fully saturated rings. The van der Waals surface area contributed by atoms with Gasteiger partial charge in [0.2, 0.25) is 15.9 Å². The number of amides is 1. The summed E-state index contributed by atoms with van der Waals surface area (Å²) in [6, 6.07) is 0. The van der Waals surface area contributed by atoms with E-state index in [1.807, 2.05) is 0 Å². The standard InChI is InChI=1S/C9H17ClN2O3S/c1-3-16(14,15)12-6-4-11(5-7-12)9(13)8(2)10/h8H,3-7H2,1-2H3. The van der Waals surface area contributed by atoms with Crippen molar-refractivity contribution in [2.45, 2.75) is 19.2 Å². The molecule has 1 atom stereocenters. The van der Waals surface area contributed by atoms with Crippen LogP contribution >= 0.6 is 11.6 Å². The van der Waals surface area contributed by atoms with Crippen LogP contribution in [0.1, 0.15) is 13.8 Å². The first kappa shape index (κ1) is 13.7. The van der Waals surface area contributed by atoms with Gasteiger partial charge in [-0.25, -0.2) is 8.42 Å². The van der Waals surface area contributed by atoms with Gasteiger partial charge in [-0.15, -0.1) is 11.6 Å². The van der Waals surface area contributed by atoms with E-state index in [0.29, 0.717) is 26.2 Å². The average Bonchev–Trinajstić information content (AvgIpc) is 2.28. The number of hydrogen-bond donors (Lipinski definition) is 0. The summed E-state index contributed by atoms with van der Waals surface area (Å²) in [5.74, 6) is -0.0254. The Morgan fingerprint density at radius 3 is 2.19 bits per heavy atom. The lowest BCUT2D eigenvalue weighted by molar-refractivity contribution is -0.131. The van der Waals surface area contributed by atoms with Crippen molar-refractivity contribution < 1.29 is 13.2 Å². The fourth-order valence-corrected chi connectivity index (χ4v) is 2.84. The minimum atomic E-state index is -3.13. The largest absolute Gasteiger partial charge is 0.339 e. The first-order valence-electron chi connectivity index (χ1n) is 5.29. The lowest BCUT2D eigenvalue weighted by atomic mass is 10.3. The van der Waals surface area contributed by atoms with Gasteiger partial charge in [0.1, 0.15) is 5.38 Å². The van der Waals surface area contributed by atoms with Gasteiger partial charge in [-0.05, 0) is 13.8 Å². The van der Waals surface area contributed by atoms with E-state index in [9.17, 15) is 13.2 Å². The second-order valence-corrected chi connectivity index (χ2v) is 6.65. The molecule has 0 spiro atoms. The minimum Gasteiger partial charge on any atom is -0.339 e. The smallest absolute Gasteiger partial charge is 0.240 e. The Hall–Kier alpha value is -0.330. The second kappa shape index (κ2) is 5.33. The number of nitrogens with zero attached hydrogens (tertiary/aromatic N) is 2. The third kappa shape index (κ3) is 3.09. The molecule has 0 aromatic rings. The quantitative estimate of drug-likeness (QED) is 0.683. The van der Waals surface area contributed by atoms with Crippen LogP contribution in [0.25, 0.3) is 0 Å². The molecule has 0 saturated carbocycles. The van der Waals surface area contributed by atoms with Crippen molar-refractivity contribution in [2.75, 3.05) is 31.9 Å². The molecule has 0 aliphatic carbocycles. The van der Waals surface area contributed by atoms with Gasteiger partial charge in [0.25, 0.3) is 0 Å². The Balaban J connectivity index is 2.55. The van der Waals surface area contributed by atoms with Crippen molar-refractivity contribution in [3.05, 3.63) is 0 Å². The molecule has 94 valence electrons. The van der Waals surface area contributed by atoms with E-state index in [-0.39, 0.29) is 11.7 Å². The van der Waals surface area contributed by atoms with Crippen molar-refractivity contribution in [1.29, 1.82) is 0 Å².